The van der Waals surface area contributed by atoms with Crippen molar-refractivity contribution >= 4 is 5.91 Å². The predicted molar refractivity (Wildman–Crippen MR) is 73.7 cm³/mol. The fraction of sp³-hybridized carbons (Fsp3) is 0.562. The third-order valence-electron chi connectivity index (χ3n) is 4.43. The van der Waals surface area contributed by atoms with E-state index in [0.717, 1.165) is 38.5 Å². The molecule has 4 heteroatoms. The number of carbonyl (C=O) groups is 1. The Morgan fingerprint density at radius 3 is 2.65 bits per heavy atom. The molecule has 1 heterocycles. The minimum Gasteiger partial charge on any atom is -0.368 e. The van der Waals surface area contributed by atoms with Crippen molar-refractivity contribution < 1.29 is 13.9 Å². The Kier molecular flexibility index (Phi) is 3.74. The lowest BCUT2D eigenvalue weighted by Crippen LogP contribution is -2.48. The summed E-state index contributed by atoms with van der Waals surface area (Å²) in [6.07, 6.45) is 4.95. The maximum atomic E-state index is 14.1. The summed E-state index contributed by atoms with van der Waals surface area (Å²) in [4.78, 5) is 12.3. The Morgan fingerprint density at radius 1 is 1.25 bits per heavy atom. The van der Waals surface area contributed by atoms with E-state index < -0.39 is 5.54 Å². The first kappa shape index (κ1) is 13.6. The number of nitrogens with one attached hydrogen (secondary N) is 1. The van der Waals surface area contributed by atoms with Crippen LogP contribution in [-0.2, 0) is 15.1 Å². The van der Waals surface area contributed by atoms with Gasteiger partial charge in [-0.25, -0.2) is 4.39 Å². The first-order valence-electron chi connectivity index (χ1n) is 7.40. The standard InChI is InChI=1S/C16H20FNO2/c17-13-7-2-1-6-12(13)16(9-3-4-10-16)18-15(19)14-8-5-11-20-14/h1-2,6-7,14H,3-5,8-11H2,(H,18,19). The van der Waals surface area contributed by atoms with E-state index in [1.54, 1.807) is 12.1 Å². The molecule has 1 amide bonds. The maximum absolute atomic E-state index is 14.1. The molecule has 1 aliphatic carbocycles. The van der Waals surface area contributed by atoms with Crippen LogP contribution in [-0.4, -0.2) is 18.6 Å². The van der Waals surface area contributed by atoms with Crippen LogP contribution >= 0.6 is 0 Å². The maximum Gasteiger partial charge on any atom is 0.249 e. The van der Waals surface area contributed by atoms with Crippen molar-refractivity contribution in [2.75, 3.05) is 6.61 Å². The zero-order chi connectivity index (χ0) is 14.0. The Hall–Kier alpha value is -1.42. The quantitative estimate of drug-likeness (QED) is 0.922. The highest BCUT2D eigenvalue weighted by molar-refractivity contribution is 5.82. The van der Waals surface area contributed by atoms with Crippen molar-refractivity contribution in [3.05, 3.63) is 35.6 Å². The van der Waals surface area contributed by atoms with Gasteiger partial charge in [0, 0.05) is 12.2 Å². The lowest BCUT2D eigenvalue weighted by Gasteiger charge is -2.32. The van der Waals surface area contributed by atoms with E-state index in [-0.39, 0.29) is 17.8 Å². The minimum absolute atomic E-state index is 0.0901. The van der Waals surface area contributed by atoms with E-state index in [2.05, 4.69) is 5.32 Å². The fourth-order valence-electron chi connectivity index (χ4n) is 3.39. The van der Waals surface area contributed by atoms with Crippen LogP contribution in [0.1, 0.15) is 44.1 Å². The number of halogens is 1. The summed E-state index contributed by atoms with van der Waals surface area (Å²) in [5.74, 6) is -0.324. The summed E-state index contributed by atoms with van der Waals surface area (Å²) < 4.78 is 19.6. The molecule has 0 aromatic heterocycles. The molecule has 1 aromatic rings. The van der Waals surface area contributed by atoms with Gasteiger partial charge in [-0.3, -0.25) is 4.79 Å². The average Bonchev–Trinajstić information content (AvgIpc) is 3.10. The molecule has 1 N–H and O–H groups in total. The van der Waals surface area contributed by atoms with Crippen molar-refractivity contribution in [1.29, 1.82) is 0 Å². The summed E-state index contributed by atoms with van der Waals surface area (Å²) in [7, 11) is 0. The summed E-state index contributed by atoms with van der Waals surface area (Å²) in [5.41, 5.74) is 0.0674. The van der Waals surface area contributed by atoms with Crippen LogP contribution in [0.5, 0.6) is 0 Å². The molecular weight excluding hydrogens is 257 g/mol. The SMILES string of the molecule is O=C(NC1(c2ccccc2F)CCCC1)C1CCCO1. The zero-order valence-electron chi connectivity index (χ0n) is 11.5. The molecule has 2 aliphatic rings. The first-order valence-corrected chi connectivity index (χ1v) is 7.40. The van der Waals surface area contributed by atoms with Crippen LogP contribution in [0.2, 0.25) is 0 Å². The van der Waals surface area contributed by atoms with Gasteiger partial charge in [0.1, 0.15) is 11.9 Å². The van der Waals surface area contributed by atoms with E-state index in [1.807, 2.05) is 6.07 Å². The van der Waals surface area contributed by atoms with Gasteiger partial charge in [0.05, 0.1) is 5.54 Å². The second-order valence-electron chi connectivity index (χ2n) is 5.76. The van der Waals surface area contributed by atoms with Crippen LogP contribution < -0.4 is 5.32 Å². The Morgan fingerprint density at radius 2 is 2.00 bits per heavy atom. The molecule has 0 spiro atoms. The van der Waals surface area contributed by atoms with Gasteiger partial charge >= 0.3 is 0 Å². The van der Waals surface area contributed by atoms with Crippen LogP contribution in [0.25, 0.3) is 0 Å². The normalized spacial score (nSPS) is 24.8. The molecule has 20 heavy (non-hydrogen) atoms. The van der Waals surface area contributed by atoms with E-state index in [1.165, 1.54) is 6.07 Å². The molecule has 0 radical (unpaired) electrons. The van der Waals surface area contributed by atoms with Gasteiger partial charge < -0.3 is 10.1 Å². The van der Waals surface area contributed by atoms with Crippen molar-refractivity contribution in [1.82, 2.24) is 5.32 Å². The lowest BCUT2D eigenvalue weighted by atomic mass is 9.87. The highest BCUT2D eigenvalue weighted by Crippen LogP contribution is 2.40. The molecule has 1 atom stereocenters. The van der Waals surface area contributed by atoms with Crippen LogP contribution in [0.15, 0.2) is 24.3 Å². The Bertz CT molecular complexity index is 491. The van der Waals surface area contributed by atoms with E-state index in [9.17, 15) is 9.18 Å². The van der Waals surface area contributed by atoms with Crippen LogP contribution in [0.4, 0.5) is 4.39 Å². The fourth-order valence-corrected chi connectivity index (χ4v) is 3.39. The molecule has 1 aromatic carbocycles. The molecule has 1 aliphatic heterocycles. The number of hydrogen-bond donors (Lipinski definition) is 1. The average molecular weight is 277 g/mol. The summed E-state index contributed by atoms with van der Waals surface area (Å²) >= 11 is 0. The number of ether oxygens (including phenoxy) is 1. The van der Waals surface area contributed by atoms with E-state index >= 15 is 0 Å². The molecule has 1 unspecified atom stereocenters. The largest absolute Gasteiger partial charge is 0.368 e. The van der Waals surface area contributed by atoms with Gasteiger partial charge in [-0.1, -0.05) is 31.0 Å². The van der Waals surface area contributed by atoms with Gasteiger partial charge in [-0.2, -0.15) is 0 Å². The minimum atomic E-state index is -0.547. The molecule has 0 bridgehead atoms. The zero-order valence-corrected chi connectivity index (χ0v) is 11.5. The van der Waals surface area contributed by atoms with Gasteiger partial charge in [0.2, 0.25) is 5.91 Å². The number of hydrogen-bond acceptors (Lipinski definition) is 2. The Balaban J connectivity index is 1.85. The van der Waals surface area contributed by atoms with Crippen molar-refractivity contribution in [3.8, 4) is 0 Å². The van der Waals surface area contributed by atoms with Crippen LogP contribution in [0, 0.1) is 5.82 Å². The van der Waals surface area contributed by atoms with Crippen molar-refractivity contribution in [2.24, 2.45) is 0 Å². The van der Waals surface area contributed by atoms with Gasteiger partial charge in [-0.15, -0.1) is 0 Å². The molecule has 3 rings (SSSR count). The molecular formula is C16H20FNO2. The molecule has 1 saturated carbocycles. The van der Waals surface area contributed by atoms with Crippen LogP contribution in [0.3, 0.4) is 0 Å². The number of carbonyl (C=O) groups excluding carboxylic acids is 1. The highest BCUT2D eigenvalue weighted by Gasteiger charge is 2.40. The molecule has 3 nitrogen and oxygen atoms in total. The first-order chi connectivity index (χ1) is 9.71. The van der Waals surface area contributed by atoms with Gasteiger partial charge in [0.25, 0.3) is 0 Å². The van der Waals surface area contributed by atoms with E-state index in [4.69, 9.17) is 4.74 Å². The van der Waals surface area contributed by atoms with Gasteiger partial charge in [0.15, 0.2) is 0 Å². The molecule has 2 fully saturated rings. The summed E-state index contributed by atoms with van der Waals surface area (Å²) in [6, 6.07) is 6.77. The van der Waals surface area contributed by atoms with E-state index in [0.29, 0.717) is 12.2 Å². The summed E-state index contributed by atoms with van der Waals surface area (Å²) in [6.45, 7) is 0.644. The third kappa shape index (κ3) is 2.44. The Labute approximate surface area is 118 Å². The number of benzene rings is 1. The van der Waals surface area contributed by atoms with Gasteiger partial charge in [-0.05, 0) is 31.7 Å². The topological polar surface area (TPSA) is 38.3 Å². The third-order valence-corrected chi connectivity index (χ3v) is 4.43. The predicted octanol–water partition coefficient (Wildman–Crippen LogP) is 2.89. The smallest absolute Gasteiger partial charge is 0.249 e. The monoisotopic (exact) mass is 277 g/mol. The van der Waals surface area contributed by atoms with Crippen molar-refractivity contribution in [3.63, 3.8) is 0 Å². The number of rotatable bonds is 3. The summed E-state index contributed by atoms with van der Waals surface area (Å²) in [5, 5.41) is 3.09. The number of amides is 1. The second kappa shape index (κ2) is 5.52. The molecule has 1 saturated heterocycles. The molecule has 108 valence electrons. The highest BCUT2D eigenvalue weighted by atomic mass is 19.1. The second-order valence-corrected chi connectivity index (χ2v) is 5.76. The lowest BCUT2D eigenvalue weighted by molar-refractivity contribution is -0.132. The van der Waals surface area contributed by atoms with Crippen molar-refractivity contribution in [2.45, 2.75) is 50.2 Å².